The molecule has 0 fully saturated rings. The number of Topliss-reactive ketones (excluding diaryl/α,β-unsaturated/α-hetero) is 1. The molecule has 1 aromatic heterocycles. The first kappa shape index (κ1) is 18.7. The summed E-state index contributed by atoms with van der Waals surface area (Å²) in [6.07, 6.45) is 1.29. The summed E-state index contributed by atoms with van der Waals surface area (Å²) < 4.78 is 5.21. The number of benzene rings is 2. The van der Waals surface area contributed by atoms with E-state index < -0.39 is 6.17 Å². The molecule has 0 bridgehead atoms. The Kier molecular flexibility index (Phi) is 4.99. The maximum atomic E-state index is 13.0. The van der Waals surface area contributed by atoms with Gasteiger partial charge in [-0.1, -0.05) is 12.1 Å². The summed E-state index contributed by atoms with van der Waals surface area (Å²) in [5.74, 6) is 0.717. The van der Waals surface area contributed by atoms with Crippen LogP contribution in [-0.4, -0.2) is 28.7 Å². The number of aromatic nitrogens is 1. The van der Waals surface area contributed by atoms with Crippen LogP contribution in [0.1, 0.15) is 45.1 Å². The number of pyridine rings is 1. The zero-order valence-electron chi connectivity index (χ0n) is 16.3. The van der Waals surface area contributed by atoms with Crippen LogP contribution in [0.5, 0.6) is 5.75 Å². The molecule has 1 unspecified atom stereocenters. The third kappa shape index (κ3) is 3.69. The summed E-state index contributed by atoms with van der Waals surface area (Å²) in [6.45, 7) is 1.97. The zero-order valence-corrected chi connectivity index (χ0v) is 16.3. The highest BCUT2D eigenvalue weighted by atomic mass is 16.5. The molecule has 146 valence electrons. The topological polar surface area (TPSA) is 71.5 Å². The summed E-state index contributed by atoms with van der Waals surface area (Å²) in [4.78, 5) is 30.8. The average Bonchev–Trinajstić information content (AvgIpc) is 3.01. The smallest absolute Gasteiger partial charge is 0.258 e. The van der Waals surface area contributed by atoms with Gasteiger partial charge in [-0.15, -0.1) is 0 Å². The van der Waals surface area contributed by atoms with Crippen LogP contribution in [0.25, 0.3) is 0 Å². The number of anilines is 1. The van der Waals surface area contributed by atoms with Crippen molar-refractivity contribution in [2.45, 2.75) is 19.6 Å². The first-order valence-corrected chi connectivity index (χ1v) is 9.33. The lowest BCUT2D eigenvalue weighted by atomic mass is 10.1. The van der Waals surface area contributed by atoms with Crippen molar-refractivity contribution in [2.75, 3.05) is 12.4 Å². The molecule has 1 aliphatic heterocycles. The van der Waals surface area contributed by atoms with E-state index in [1.54, 1.807) is 42.5 Å². The lowest BCUT2D eigenvalue weighted by Gasteiger charge is -2.26. The zero-order chi connectivity index (χ0) is 20.4. The fourth-order valence-corrected chi connectivity index (χ4v) is 3.43. The van der Waals surface area contributed by atoms with Crippen molar-refractivity contribution in [2.24, 2.45) is 0 Å². The van der Waals surface area contributed by atoms with Crippen molar-refractivity contribution in [3.63, 3.8) is 0 Å². The Morgan fingerprint density at radius 1 is 1.10 bits per heavy atom. The van der Waals surface area contributed by atoms with E-state index in [-0.39, 0.29) is 11.7 Å². The second-order valence-corrected chi connectivity index (χ2v) is 6.90. The van der Waals surface area contributed by atoms with E-state index in [2.05, 4.69) is 10.3 Å². The van der Waals surface area contributed by atoms with Crippen LogP contribution in [0.2, 0.25) is 0 Å². The van der Waals surface area contributed by atoms with Gasteiger partial charge in [0, 0.05) is 24.0 Å². The number of methoxy groups -OCH3 is 1. The van der Waals surface area contributed by atoms with E-state index in [9.17, 15) is 9.59 Å². The predicted molar refractivity (Wildman–Crippen MR) is 110 cm³/mol. The summed E-state index contributed by atoms with van der Waals surface area (Å²) >= 11 is 0. The van der Waals surface area contributed by atoms with Crippen LogP contribution in [0, 0.1) is 0 Å². The van der Waals surface area contributed by atoms with Crippen LogP contribution < -0.4 is 10.1 Å². The molecule has 0 saturated heterocycles. The third-order valence-electron chi connectivity index (χ3n) is 5.01. The number of ketones is 1. The van der Waals surface area contributed by atoms with E-state index in [1.807, 2.05) is 36.4 Å². The molecule has 1 atom stereocenters. The number of carbonyl (C=O) groups excluding carboxylic acids is 2. The molecule has 0 radical (unpaired) electrons. The molecule has 6 nitrogen and oxygen atoms in total. The number of fused-ring (bicyclic) bond motifs is 1. The van der Waals surface area contributed by atoms with Crippen molar-refractivity contribution < 1.29 is 14.3 Å². The Hall–Kier alpha value is -3.67. The van der Waals surface area contributed by atoms with E-state index in [0.29, 0.717) is 23.4 Å². The molecule has 6 heteroatoms. The summed E-state index contributed by atoms with van der Waals surface area (Å²) in [5.41, 5.74) is 3.74. The maximum Gasteiger partial charge on any atom is 0.258 e. The summed E-state index contributed by atoms with van der Waals surface area (Å²) in [7, 11) is 1.62. The van der Waals surface area contributed by atoms with Gasteiger partial charge in [-0.05, 0) is 61.0 Å². The highest BCUT2D eigenvalue weighted by molar-refractivity contribution is 5.99. The second kappa shape index (κ2) is 7.75. The minimum atomic E-state index is -0.399. The second-order valence-electron chi connectivity index (χ2n) is 6.90. The molecular formula is C23H21N3O3. The fraction of sp³-hybridized carbons (Fsp3) is 0.174. The van der Waals surface area contributed by atoms with Crippen molar-refractivity contribution >= 4 is 17.4 Å². The molecule has 0 saturated carbocycles. The Bertz CT molecular complexity index is 1050. The predicted octanol–water partition coefficient (Wildman–Crippen LogP) is 4.06. The normalized spacial score (nSPS) is 15.2. The van der Waals surface area contributed by atoms with Crippen molar-refractivity contribution in [1.29, 1.82) is 0 Å². The molecule has 29 heavy (non-hydrogen) atoms. The molecule has 2 aromatic carbocycles. The number of amides is 1. The van der Waals surface area contributed by atoms with Gasteiger partial charge in [0.05, 0.1) is 18.4 Å². The minimum Gasteiger partial charge on any atom is -0.497 e. The number of ether oxygens (including phenoxy) is 1. The third-order valence-corrected chi connectivity index (χ3v) is 5.01. The van der Waals surface area contributed by atoms with Crippen LogP contribution in [-0.2, 0) is 6.54 Å². The van der Waals surface area contributed by atoms with Gasteiger partial charge in [-0.3, -0.25) is 14.6 Å². The molecule has 1 amide bonds. The number of rotatable bonds is 6. The van der Waals surface area contributed by atoms with Crippen LogP contribution in [0.3, 0.4) is 0 Å². The molecule has 3 aromatic rings. The molecule has 1 aliphatic rings. The van der Waals surface area contributed by atoms with E-state index in [1.165, 1.54) is 6.92 Å². The monoisotopic (exact) mass is 387 g/mol. The van der Waals surface area contributed by atoms with Crippen LogP contribution in [0.15, 0.2) is 66.9 Å². The van der Waals surface area contributed by atoms with Crippen molar-refractivity contribution in [1.82, 2.24) is 9.88 Å². The van der Waals surface area contributed by atoms with Gasteiger partial charge in [0.15, 0.2) is 5.78 Å². The van der Waals surface area contributed by atoms with Gasteiger partial charge in [-0.2, -0.15) is 0 Å². The highest BCUT2D eigenvalue weighted by Gasteiger charge is 2.37. The molecule has 2 heterocycles. The van der Waals surface area contributed by atoms with E-state index >= 15 is 0 Å². The van der Waals surface area contributed by atoms with Crippen molar-refractivity contribution in [3.8, 4) is 5.75 Å². The quantitative estimate of drug-likeness (QED) is 0.646. The number of hydrogen-bond donors (Lipinski definition) is 1. The molecule has 1 N–H and O–H groups in total. The minimum absolute atomic E-state index is 0.0146. The first-order chi connectivity index (χ1) is 14.1. The number of hydrogen-bond acceptors (Lipinski definition) is 5. The molecule has 0 aliphatic carbocycles. The highest BCUT2D eigenvalue weighted by Crippen LogP contribution is 2.34. The molecular weight excluding hydrogens is 366 g/mol. The van der Waals surface area contributed by atoms with Gasteiger partial charge < -0.3 is 15.0 Å². The van der Waals surface area contributed by atoms with Gasteiger partial charge in [0.25, 0.3) is 5.91 Å². The molecule has 0 spiro atoms. The number of nitrogens with one attached hydrogen (secondary N) is 1. The first-order valence-electron chi connectivity index (χ1n) is 9.33. The Morgan fingerprint density at radius 3 is 2.48 bits per heavy atom. The lowest BCUT2D eigenvalue weighted by molar-refractivity contribution is 0.0727. The standard InChI is InChI=1S/C23H21N3O3/c1-15(27)17-7-9-18(10-8-17)25-22-21-20(4-3-13-24-21)23(28)26(22)14-16-5-11-19(29-2)12-6-16/h3-13,22,25H,14H2,1-2H3. The van der Waals surface area contributed by atoms with Gasteiger partial charge in [-0.25, -0.2) is 0 Å². The number of carbonyl (C=O) groups is 2. The summed E-state index contributed by atoms with van der Waals surface area (Å²) in [5, 5.41) is 3.39. The number of nitrogens with zero attached hydrogens (tertiary/aromatic N) is 2. The van der Waals surface area contributed by atoms with Gasteiger partial charge in [0.2, 0.25) is 0 Å². The summed E-state index contributed by atoms with van der Waals surface area (Å²) in [6, 6.07) is 18.4. The Morgan fingerprint density at radius 2 is 1.83 bits per heavy atom. The maximum absolute atomic E-state index is 13.0. The lowest BCUT2D eigenvalue weighted by Crippen LogP contribution is -2.32. The SMILES string of the molecule is COc1ccc(CN2C(=O)c3cccnc3C2Nc2ccc(C(C)=O)cc2)cc1. The Labute approximate surface area is 169 Å². The van der Waals surface area contributed by atoms with E-state index in [4.69, 9.17) is 4.74 Å². The van der Waals surface area contributed by atoms with Crippen LogP contribution >= 0.6 is 0 Å². The van der Waals surface area contributed by atoms with Crippen LogP contribution in [0.4, 0.5) is 5.69 Å². The molecule has 4 rings (SSSR count). The Balaban J connectivity index is 1.63. The van der Waals surface area contributed by atoms with Gasteiger partial charge >= 0.3 is 0 Å². The average molecular weight is 387 g/mol. The van der Waals surface area contributed by atoms with E-state index in [0.717, 1.165) is 17.0 Å². The van der Waals surface area contributed by atoms with Gasteiger partial charge in [0.1, 0.15) is 11.9 Å². The fourth-order valence-electron chi connectivity index (χ4n) is 3.43. The van der Waals surface area contributed by atoms with Crippen molar-refractivity contribution in [3.05, 3.63) is 89.2 Å². The largest absolute Gasteiger partial charge is 0.497 e.